The number of aryl methyl sites for hydroxylation is 4. The second kappa shape index (κ2) is 40.0. The van der Waals surface area contributed by atoms with Crippen molar-refractivity contribution < 1.29 is 108 Å². The Labute approximate surface area is 634 Å². The normalized spacial score (nSPS) is 10.1. The third kappa shape index (κ3) is 24.0. The summed E-state index contributed by atoms with van der Waals surface area (Å²) in [7, 11) is 3.56. The van der Waals surface area contributed by atoms with Crippen LogP contribution in [0.4, 0.5) is 0 Å². The molecule has 11 aromatic rings. The summed E-state index contributed by atoms with van der Waals surface area (Å²) >= 11 is 19.9. The van der Waals surface area contributed by atoms with Gasteiger partial charge < -0.3 is 69.7 Å². The molecule has 0 aliphatic carbocycles. The standard InChI is InChI=1S/C18H14O5.C15H14O2.C14H11ClO3.C14H12O3.C7H4BrClO3.C7H5ClO3.C5H8O4/c1-10-5-3-6-11(9-10)12-7-4-8-13-15(19)14(17(20)22-2)18(21)23-16(12)13;1-10-5-3-6-12(9-10)13-7-4-8-14(11(13)2)15(16)17;1-8-3-2-4-9(5-8)11-6-10(15)7-12(13(11)16)14(17)18;1-9-4-2-5-10(8-9)11-6-3-7-12(13(11)15)14(16)17;8-5-2-3(9)1-4(6(5)10)7(11)12;8-4-1-2-6(9)5(3-4)7(10)11;1-8-4(6)3-5(7)9-2/h3-9,19H,1-2H3;3-9H,1-2H3,(H,16,17);2-7,16H,1H3,(H,17,18);2-8,15H,1H3,(H,16,17);1-2,10H,(H,11,12);1-3,9H,(H,10,11);3H2,1-2H3. The highest BCUT2D eigenvalue weighted by molar-refractivity contribution is 9.10. The fourth-order valence-corrected chi connectivity index (χ4v) is 11.0. The lowest BCUT2D eigenvalue weighted by Gasteiger charge is -2.09. The molecule has 27 heteroatoms. The summed E-state index contributed by atoms with van der Waals surface area (Å²) in [5.74, 6) is -9.18. The number of carboxylic acids is 5. The van der Waals surface area contributed by atoms with E-state index in [4.69, 9.17) is 69.9 Å². The van der Waals surface area contributed by atoms with Gasteiger partial charge in [0.25, 0.3) is 0 Å². The first-order valence-electron chi connectivity index (χ1n) is 31.1. The maximum atomic E-state index is 12.1. The molecule has 10 N–H and O–H groups in total. The van der Waals surface area contributed by atoms with Gasteiger partial charge in [-0.15, -0.1) is 0 Å². The molecule has 0 aliphatic heterocycles. The summed E-state index contributed by atoms with van der Waals surface area (Å²) in [6.45, 7) is 9.70. The molecule has 0 unspecified atom stereocenters. The molecule has 0 fully saturated rings. The first kappa shape index (κ1) is 85.2. The Hall–Kier alpha value is -12.5. The van der Waals surface area contributed by atoms with Crippen LogP contribution in [0.2, 0.25) is 15.1 Å². The summed E-state index contributed by atoms with van der Waals surface area (Å²) < 4.78 is 18.5. The molecule has 0 atom stereocenters. The number of ether oxygens (including phenoxy) is 3. The van der Waals surface area contributed by atoms with Gasteiger partial charge in [0.2, 0.25) is 0 Å². The van der Waals surface area contributed by atoms with Crippen molar-refractivity contribution in [3.8, 4) is 73.3 Å². The SMILES string of the molecule is COC(=O)CC(=O)OC.COC(=O)c1c(O)c2cccc(-c3cccc(C)c3)c2oc1=O.Cc1cccc(-c2cc(Cl)cc(C(=O)O)c2O)c1.Cc1cccc(-c2cccc(C(=O)O)c2C)c1.Cc1cccc(-c2cccc(C(=O)O)c2O)c1.O=C(O)c1cc(Cl)cc(Br)c1O.O=C(O)c1cc(Cl)ccc1O. The minimum absolute atomic E-state index is 0.0796. The number of para-hydroxylation sites is 2. The van der Waals surface area contributed by atoms with Crippen molar-refractivity contribution in [2.45, 2.75) is 41.0 Å². The Morgan fingerprint density at radius 3 is 1.21 bits per heavy atom. The lowest BCUT2D eigenvalue weighted by Crippen LogP contribution is -2.15. The van der Waals surface area contributed by atoms with Crippen molar-refractivity contribution in [2.75, 3.05) is 21.3 Å². The summed E-state index contributed by atoms with van der Waals surface area (Å²) in [6.07, 6.45) is -0.312. The van der Waals surface area contributed by atoms with Crippen molar-refractivity contribution in [3.05, 3.63) is 285 Å². The number of phenols is 4. The van der Waals surface area contributed by atoms with E-state index in [1.807, 2.05) is 126 Å². The number of esters is 3. The largest absolute Gasteiger partial charge is 0.507 e. The Balaban J connectivity index is 0.000000228. The highest BCUT2D eigenvalue weighted by atomic mass is 79.9. The number of halogens is 4. The number of carboxylic acid groups (broad SMARTS) is 5. The Morgan fingerprint density at radius 1 is 0.383 bits per heavy atom. The molecule has 1 heterocycles. The zero-order valence-corrected chi connectivity index (χ0v) is 61.8. The second-order valence-electron chi connectivity index (χ2n) is 22.6. The molecular formula is C80H68BrCl3O23. The number of aromatic carboxylic acids is 5. The first-order chi connectivity index (χ1) is 50.5. The molecule has 0 bridgehead atoms. The molecule has 0 saturated carbocycles. The maximum absolute atomic E-state index is 12.1. The molecule has 0 amide bonds. The third-order valence-electron chi connectivity index (χ3n) is 14.9. The number of rotatable bonds is 12. The van der Waals surface area contributed by atoms with Crippen LogP contribution in [0.15, 0.2) is 208 Å². The molecule has 0 radical (unpaired) electrons. The summed E-state index contributed by atoms with van der Waals surface area (Å²) in [5, 5.41) is 93.6. The number of benzene rings is 10. The number of aromatic hydroxyl groups is 5. The Bertz CT molecular complexity index is 5090. The van der Waals surface area contributed by atoms with Crippen LogP contribution >= 0.6 is 50.7 Å². The predicted molar refractivity (Wildman–Crippen MR) is 406 cm³/mol. The number of hydrogen-bond acceptors (Lipinski definition) is 18. The quantitative estimate of drug-likeness (QED) is 0.0235. The van der Waals surface area contributed by atoms with Gasteiger partial charge in [0.1, 0.15) is 63.0 Å². The van der Waals surface area contributed by atoms with Crippen LogP contribution < -0.4 is 5.63 Å². The highest BCUT2D eigenvalue weighted by Gasteiger charge is 2.24. The average Bonchev–Trinajstić information content (AvgIpc) is 0.760. The van der Waals surface area contributed by atoms with Gasteiger partial charge >= 0.3 is 53.4 Å². The monoisotopic (exact) mass is 1580 g/mol. The summed E-state index contributed by atoms with van der Waals surface area (Å²) in [5.41, 5.74) is 9.66. The van der Waals surface area contributed by atoms with Crippen molar-refractivity contribution in [3.63, 3.8) is 0 Å². The predicted octanol–water partition coefficient (Wildman–Crippen LogP) is 17.7. The van der Waals surface area contributed by atoms with E-state index in [2.05, 4.69) is 36.2 Å². The summed E-state index contributed by atoms with van der Waals surface area (Å²) in [4.78, 5) is 98.1. The van der Waals surface area contributed by atoms with Crippen molar-refractivity contribution >= 4 is 109 Å². The fourth-order valence-electron chi connectivity index (χ4n) is 9.75. The van der Waals surface area contributed by atoms with E-state index in [-0.39, 0.29) is 77.2 Å². The topological polar surface area (TPSA) is 397 Å². The molecule has 554 valence electrons. The van der Waals surface area contributed by atoms with Crippen LogP contribution in [-0.4, -0.2) is 120 Å². The van der Waals surface area contributed by atoms with E-state index in [1.165, 1.54) is 62.2 Å². The second-order valence-corrected chi connectivity index (χ2v) is 24.8. The van der Waals surface area contributed by atoms with Gasteiger partial charge in [-0.1, -0.05) is 191 Å². The zero-order chi connectivity index (χ0) is 79.7. The van der Waals surface area contributed by atoms with Gasteiger partial charge in [-0.3, -0.25) is 9.59 Å². The van der Waals surface area contributed by atoms with Gasteiger partial charge in [-0.2, -0.15) is 0 Å². The molecule has 0 saturated heterocycles. The van der Waals surface area contributed by atoms with Gasteiger partial charge in [0, 0.05) is 31.8 Å². The van der Waals surface area contributed by atoms with Crippen LogP contribution in [0.3, 0.4) is 0 Å². The molecule has 23 nitrogen and oxygen atoms in total. The zero-order valence-electron chi connectivity index (χ0n) is 58.0. The van der Waals surface area contributed by atoms with Gasteiger partial charge in [0.05, 0.1) is 36.8 Å². The molecule has 11 rings (SSSR count). The Kier molecular flexibility index (Phi) is 31.8. The van der Waals surface area contributed by atoms with E-state index >= 15 is 0 Å². The summed E-state index contributed by atoms with van der Waals surface area (Å²) in [6, 6.07) is 55.2. The number of methoxy groups -OCH3 is 3. The van der Waals surface area contributed by atoms with Crippen LogP contribution in [0.5, 0.6) is 28.7 Å². The minimum Gasteiger partial charge on any atom is -0.507 e. The van der Waals surface area contributed by atoms with Crippen LogP contribution in [0.1, 0.15) is 96.4 Å². The average molecular weight is 1580 g/mol. The Morgan fingerprint density at radius 2 is 0.766 bits per heavy atom. The van der Waals surface area contributed by atoms with E-state index in [0.29, 0.717) is 27.3 Å². The molecular weight excluding hydrogens is 1520 g/mol. The fraction of sp³-hybridized carbons (Fsp3) is 0.113. The lowest BCUT2D eigenvalue weighted by atomic mass is 9.95. The maximum Gasteiger partial charge on any atom is 0.354 e. The van der Waals surface area contributed by atoms with Gasteiger partial charge in [0.15, 0.2) is 5.56 Å². The van der Waals surface area contributed by atoms with Crippen molar-refractivity contribution in [1.29, 1.82) is 0 Å². The first-order valence-corrected chi connectivity index (χ1v) is 33.0. The molecule has 10 aromatic carbocycles. The van der Waals surface area contributed by atoms with E-state index in [1.54, 1.807) is 54.6 Å². The van der Waals surface area contributed by atoms with Crippen molar-refractivity contribution in [2.24, 2.45) is 0 Å². The van der Waals surface area contributed by atoms with Crippen LogP contribution in [0.25, 0.3) is 55.5 Å². The number of hydrogen-bond donors (Lipinski definition) is 10. The van der Waals surface area contributed by atoms with Crippen LogP contribution in [-0.2, 0) is 23.8 Å². The number of carbonyl (C=O) groups excluding carboxylic acids is 3. The highest BCUT2D eigenvalue weighted by Crippen LogP contribution is 2.38. The van der Waals surface area contributed by atoms with Crippen LogP contribution in [0, 0.1) is 34.6 Å². The molecule has 107 heavy (non-hydrogen) atoms. The lowest BCUT2D eigenvalue weighted by molar-refractivity contribution is -0.151. The third-order valence-corrected chi connectivity index (χ3v) is 16.2. The van der Waals surface area contributed by atoms with E-state index in [9.17, 15) is 63.6 Å². The van der Waals surface area contributed by atoms with Gasteiger partial charge in [-0.05, 0) is 145 Å². The number of fused-ring (bicyclic) bond motifs is 1. The van der Waals surface area contributed by atoms with E-state index < -0.39 is 64.7 Å². The minimum atomic E-state index is -1.21. The molecule has 0 aliphatic rings. The van der Waals surface area contributed by atoms with Crippen molar-refractivity contribution in [1.82, 2.24) is 0 Å². The van der Waals surface area contributed by atoms with E-state index in [0.717, 1.165) is 57.2 Å². The number of carbonyl (C=O) groups is 8. The smallest absolute Gasteiger partial charge is 0.354 e. The molecule has 1 aromatic heterocycles. The van der Waals surface area contributed by atoms with Gasteiger partial charge in [-0.25, -0.2) is 33.6 Å². The molecule has 0 spiro atoms.